The highest BCUT2D eigenvalue weighted by Gasteiger charge is 2.31. The van der Waals surface area contributed by atoms with Gasteiger partial charge in [-0.3, -0.25) is 14.5 Å². The Hall–Kier alpha value is -0.940. The number of rotatable bonds is 3. The zero-order valence-corrected chi connectivity index (χ0v) is 10.4. The molecule has 0 saturated carbocycles. The Balaban J connectivity index is 1.78. The first kappa shape index (κ1) is 12.5. The molecular weight excluding hydrogens is 218 g/mol. The predicted octanol–water partition coefficient (Wildman–Crippen LogP) is -0.277. The number of amides is 2. The molecule has 2 amide bonds. The second-order valence-corrected chi connectivity index (χ2v) is 4.98. The van der Waals surface area contributed by atoms with Crippen LogP contribution in [-0.4, -0.2) is 49.4 Å². The molecule has 5 heteroatoms. The molecule has 2 aliphatic heterocycles. The number of hydrogen-bond donors (Lipinski definition) is 2. The van der Waals surface area contributed by atoms with Gasteiger partial charge < -0.3 is 10.6 Å². The topological polar surface area (TPSA) is 61.4 Å². The predicted molar refractivity (Wildman–Crippen MR) is 64.4 cm³/mol. The largest absolute Gasteiger partial charge is 0.317 e. The lowest BCUT2D eigenvalue weighted by atomic mass is 9.97. The van der Waals surface area contributed by atoms with Crippen molar-refractivity contribution >= 4 is 11.8 Å². The Morgan fingerprint density at radius 3 is 2.71 bits per heavy atom. The first-order valence-electron chi connectivity index (χ1n) is 6.43. The molecule has 17 heavy (non-hydrogen) atoms. The third kappa shape index (κ3) is 3.04. The second kappa shape index (κ2) is 5.60. The second-order valence-electron chi connectivity index (χ2n) is 4.98. The van der Waals surface area contributed by atoms with Crippen LogP contribution in [0.3, 0.4) is 0 Å². The third-order valence-corrected chi connectivity index (χ3v) is 3.76. The molecule has 0 aliphatic carbocycles. The van der Waals surface area contributed by atoms with Crippen molar-refractivity contribution in [1.29, 1.82) is 0 Å². The van der Waals surface area contributed by atoms with Crippen LogP contribution in [0.15, 0.2) is 0 Å². The first-order chi connectivity index (χ1) is 8.18. The van der Waals surface area contributed by atoms with Gasteiger partial charge in [0.15, 0.2) is 0 Å². The van der Waals surface area contributed by atoms with Crippen molar-refractivity contribution in [2.24, 2.45) is 5.92 Å². The molecule has 0 bridgehead atoms. The number of likely N-dealkylation sites (tertiary alicyclic amines) is 1. The zero-order chi connectivity index (χ0) is 12.3. The van der Waals surface area contributed by atoms with Gasteiger partial charge in [0.05, 0.1) is 6.04 Å². The molecule has 0 spiro atoms. The van der Waals surface area contributed by atoms with Crippen molar-refractivity contribution in [3.8, 4) is 0 Å². The maximum absolute atomic E-state index is 11.8. The average Bonchev–Trinajstić information content (AvgIpc) is 2.36. The van der Waals surface area contributed by atoms with E-state index in [1.54, 1.807) is 7.05 Å². The van der Waals surface area contributed by atoms with Crippen molar-refractivity contribution in [3.05, 3.63) is 0 Å². The van der Waals surface area contributed by atoms with Crippen LogP contribution >= 0.6 is 0 Å². The molecule has 2 rings (SSSR count). The summed E-state index contributed by atoms with van der Waals surface area (Å²) in [5, 5.41) is 6.65. The van der Waals surface area contributed by atoms with Gasteiger partial charge in [-0.15, -0.1) is 0 Å². The first-order valence-corrected chi connectivity index (χ1v) is 6.43. The normalized spacial score (nSPS) is 27.6. The van der Waals surface area contributed by atoms with E-state index >= 15 is 0 Å². The Morgan fingerprint density at radius 2 is 2.00 bits per heavy atom. The van der Waals surface area contributed by atoms with E-state index in [2.05, 4.69) is 10.6 Å². The van der Waals surface area contributed by atoms with Crippen LogP contribution in [-0.2, 0) is 9.59 Å². The number of imide groups is 1. The van der Waals surface area contributed by atoms with Crippen LogP contribution in [0.2, 0.25) is 0 Å². The fraction of sp³-hybridized carbons (Fsp3) is 0.833. The van der Waals surface area contributed by atoms with Gasteiger partial charge in [0.1, 0.15) is 0 Å². The molecule has 0 radical (unpaired) electrons. The Bertz CT molecular complexity index is 300. The Kier molecular flexibility index (Phi) is 4.12. The van der Waals surface area contributed by atoms with Crippen LogP contribution in [0.4, 0.5) is 0 Å². The van der Waals surface area contributed by atoms with E-state index in [4.69, 9.17) is 0 Å². The number of nitrogens with one attached hydrogen (secondary N) is 2. The van der Waals surface area contributed by atoms with Crippen molar-refractivity contribution in [2.75, 3.05) is 26.7 Å². The number of likely N-dealkylation sites (N-methyl/N-ethyl adjacent to an activating group) is 1. The summed E-state index contributed by atoms with van der Waals surface area (Å²) < 4.78 is 0. The Labute approximate surface area is 102 Å². The van der Waals surface area contributed by atoms with E-state index in [0.717, 1.165) is 19.6 Å². The molecule has 2 N–H and O–H groups in total. The van der Waals surface area contributed by atoms with E-state index in [1.165, 1.54) is 17.7 Å². The molecule has 5 nitrogen and oxygen atoms in total. The minimum absolute atomic E-state index is 0.0603. The van der Waals surface area contributed by atoms with Gasteiger partial charge in [-0.1, -0.05) is 0 Å². The van der Waals surface area contributed by atoms with Crippen molar-refractivity contribution < 1.29 is 9.59 Å². The van der Waals surface area contributed by atoms with E-state index in [0.29, 0.717) is 18.8 Å². The van der Waals surface area contributed by atoms with Crippen molar-refractivity contribution in [3.63, 3.8) is 0 Å². The summed E-state index contributed by atoms with van der Waals surface area (Å²) in [6.45, 7) is 3.03. The number of carbonyl (C=O) groups is 2. The van der Waals surface area contributed by atoms with E-state index < -0.39 is 0 Å². The van der Waals surface area contributed by atoms with E-state index in [-0.39, 0.29) is 17.9 Å². The number of piperidine rings is 2. The summed E-state index contributed by atoms with van der Waals surface area (Å²) in [4.78, 5) is 24.4. The Morgan fingerprint density at radius 1 is 1.29 bits per heavy atom. The highest BCUT2D eigenvalue weighted by Crippen LogP contribution is 2.14. The molecule has 2 heterocycles. The van der Waals surface area contributed by atoms with Gasteiger partial charge in [0.25, 0.3) is 0 Å². The molecular formula is C12H21N3O2. The van der Waals surface area contributed by atoms with Crippen molar-refractivity contribution in [1.82, 2.24) is 15.5 Å². The number of nitrogens with zero attached hydrogens (tertiary/aromatic N) is 1. The number of hydrogen-bond acceptors (Lipinski definition) is 4. The summed E-state index contributed by atoms with van der Waals surface area (Å²) in [6.07, 6.45) is 3.46. The maximum Gasteiger partial charge on any atom is 0.246 e. The van der Waals surface area contributed by atoms with Gasteiger partial charge in [-0.2, -0.15) is 0 Å². The van der Waals surface area contributed by atoms with E-state index in [9.17, 15) is 9.59 Å². The summed E-state index contributed by atoms with van der Waals surface area (Å²) in [5.41, 5.74) is 0. The molecule has 2 aliphatic rings. The van der Waals surface area contributed by atoms with Crippen LogP contribution in [0.1, 0.15) is 25.7 Å². The highest BCUT2D eigenvalue weighted by atomic mass is 16.2. The molecule has 0 aromatic carbocycles. The lowest BCUT2D eigenvalue weighted by molar-refractivity contribution is -0.148. The van der Waals surface area contributed by atoms with Crippen LogP contribution in [0, 0.1) is 5.92 Å². The fourth-order valence-corrected chi connectivity index (χ4v) is 2.50. The molecule has 0 aromatic rings. The zero-order valence-electron chi connectivity index (χ0n) is 10.4. The molecule has 96 valence electrons. The molecule has 1 atom stereocenters. The van der Waals surface area contributed by atoms with Gasteiger partial charge in [-0.05, 0) is 44.8 Å². The smallest absolute Gasteiger partial charge is 0.246 e. The monoisotopic (exact) mass is 239 g/mol. The minimum atomic E-state index is -0.160. The van der Waals surface area contributed by atoms with Gasteiger partial charge in [-0.25, -0.2) is 0 Å². The van der Waals surface area contributed by atoms with E-state index in [1.807, 2.05) is 0 Å². The van der Waals surface area contributed by atoms with Crippen LogP contribution in [0.5, 0.6) is 0 Å². The molecule has 2 saturated heterocycles. The number of carbonyl (C=O) groups excluding carboxylic acids is 2. The SMILES string of the molecule is CN1C(=O)CCC(NCC2CCNCC2)C1=O. The lowest BCUT2D eigenvalue weighted by Crippen LogP contribution is -2.52. The summed E-state index contributed by atoms with van der Waals surface area (Å²) in [6, 6.07) is -0.160. The maximum atomic E-state index is 11.8. The van der Waals surface area contributed by atoms with Crippen molar-refractivity contribution in [2.45, 2.75) is 31.7 Å². The summed E-state index contributed by atoms with van der Waals surface area (Å²) in [7, 11) is 1.57. The summed E-state index contributed by atoms with van der Waals surface area (Å²) >= 11 is 0. The average molecular weight is 239 g/mol. The van der Waals surface area contributed by atoms with Gasteiger partial charge in [0.2, 0.25) is 11.8 Å². The summed E-state index contributed by atoms with van der Waals surface area (Å²) in [5.74, 6) is 0.525. The molecule has 2 fully saturated rings. The lowest BCUT2D eigenvalue weighted by Gasteiger charge is -2.30. The fourth-order valence-electron chi connectivity index (χ4n) is 2.50. The standard InChI is InChI=1S/C12H21N3O2/c1-15-11(16)3-2-10(12(15)17)14-8-9-4-6-13-7-5-9/h9-10,13-14H,2-8H2,1H3. The minimum Gasteiger partial charge on any atom is -0.317 e. The van der Waals surface area contributed by atoms with Crippen LogP contribution in [0.25, 0.3) is 0 Å². The molecule has 0 aromatic heterocycles. The van der Waals surface area contributed by atoms with Gasteiger partial charge >= 0.3 is 0 Å². The van der Waals surface area contributed by atoms with Gasteiger partial charge in [0, 0.05) is 13.5 Å². The highest BCUT2D eigenvalue weighted by molar-refractivity contribution is 6.00. The molecule has 1 unspecified atom stereocenters. The van der Waals surface area contributed by atoms with Crippen LogP contribution < -0.4 is 10.6 Å². The quantitative estimate of drug-likeness (QED) is 0.665. The third-order valence-electron chi connectivity index (χ3n) is 3.76.